The van der Waals surface area contributed by atoms with E-state index in [9.17, 15) is 0 Å². The van der Waals surface area contributed by atoms with Crippen LogP contribution in [0, 0.1) is 13.8 Å². The van der Waals surface area contributed by atoms with Crippen molar-refractivity contribution in [1.29, 1.82) is 0 Å². The minimum Gasteiger partial charge on any atom is -0.311 e. The Labute approximate surface area is 465 Å². The summed E-state index contributed by atoms with van der Waals surface area (Å²) in [7, 11) is 0. The van der Waals surface area contributed by atoms with Crippen LogP contribution in [0.1, 0.15) is 9.75 Å². The maximum absolute atomic E-state index is 2.69. The predicted octanol–water partition coefficient (Wildman–Crippen LogP) is 15.5. The van der Waals surface area contributed by atoms with Crippen LogP contribution in [0.4, 0.5) is 68.2 Å². The highest BCUT2D eigenvalue weighted by molar-refractivity contribution is 7.13. The van der Waals surface area contributed by atoms with Crippen LogP contribution < -0.4 is 52.4 Å². The van der Waals surface area contributed by atoms with Gasteiger partial charge in [0.15, 0.2) is 0 Å². The standard InChI is InChI=1S/C72H48B2N4S/c1-45-69-70(46(2)79-45)78-65-28-15-25-62-68(65)74(60-43-53(49-21-11-5-12-22-49)34-42-61(60)75(62)55-35-29-51(30-36-55)47-17-7-3-8-18-47)59-41-40-58-71(72(59)78)77(69)64-27-16-26-63-67(64)73(58)57-39-33-54(50-23-13-6-14-24-50)44-66(57)76(63)56-37-31-52(32-38-56)48-19-9-4-10-20-48/h3-44H,1-2H3. The smallest absolute Gasteiger partial charge is 0.252 e. The molecule has 17 rings (SSSR count). The van der Waals surface area contributed by atoms with Crippen LogP contribution in [0.15, 0.2) is 255 Å². The van der Waals surface area contributed by atoms with Crippen molar-refractivity contribution >= 4 is 126 Å². The first-order valence-corrected chi connectivity index (χ1v) is 28.3. The largest absolute Gasteiger partial charge is 0.311 e. The summed E-state index contributed by atoms with van der Waals surface area (Å²) in [4.78, 5) is 13.1. The molecule has 5 aliphatic heterocycles. The average molecular weight is 1020 g/mol. The average Bonchev–Trinajstić information content (AvgIpc) is 3.44. The number of hydrogen-bond donors (Lipinski definition) is 0. The molecule has 0 radical (unpaired) electrons. The van der Waals surface area contributed by atoms with E-state index in [0.29, 0.717) is 0 Å². The van der Waals surface area contributed by atoms with Crippen molar-refractivity contribution in [3.8, 4) is 44.5 Å². The van der Waals surface area contributed by atoms with Crippen molar-refractivity contribution in [2.24, 2.45) is 0 Å². The summed E-state index contributed by atoms with van der Waals surface area (Å²) in [6.07, 6.45) is 0. The van der Waals surface area contributed by atoms with Crippen LogP contribution in [-0.2, 0) is 0 Å². The van der Waals surface area contributed by atoms with Gasteiger partial charge in [0.2, 0.25) is 0 Å². The van der Waals surface area contributed by atoms with Gasteiger partial charge in [0.1, 0.15) is 0 Å². The maximum atomic E-state index is 2.69. The van der Waals surface area contributed by atoms with Crippen molar-refractivity contribution in [3.05, 3.63) is 265 Å². The van der Waals surface area contributed by atoms with Gasteiger partial charge in [-0.2, -0.15) is 0 Å². The molecule has 11 aromatic carbocycles. The van der Waals surface area contributed by atoms with Crippen LogP contribution in [0.5, 0.6) is 0 Å². The van der Waals surface area contributed by atoms with Gasteiger partial charge in [-0.1, -0.05) is 194 Å². The monoisotopic (exact) mass is 1020 g/mol. The molecule has 0 aliphatic carbocycles. The Bertz CT molecular complexity index is 4470. The Morgan fingerprint density at radius 2 is 0.608 bits per heavy atom. The summed E-state index contributed by atoms with van der Waals surface area (Å²) in [5.74, 6) is 0. The number of fused-ring (bicyclic) bond motifs is 11. The van der Waals surface area contributed by atoms with E-state index in [-0.39, 0.29) is 13.4 Å². The predicted molar refractivity (Wildman–Crippen MR) is 337 cm³/mol. The lowest BCUT2D eigenvalue weighted by Gasteiger charge is -2.51. The molecule has 0 amide bonds. The zero-order chi connectivity index (χ0) is 52.0. The fraction of sp³-hybridized carbons (Fsp3) is 0.0278. The van der Waals surface area contributed by atoms with E-state index in [0.717, 1.165) is 11.4 Å². The van der Waals surface area contributed by atoms with Crippen LogP contribution in [-0.4, -0.2) is 13.4 Å². The Morgan fingerprint density at radius 1 is 0.253 bits per heavy atom. The Kier molecular flexibility index (Phi) is 9.58. The highest BCUT2D eigenvalue weighted by Crippen LogP contribution is 2.61. The van der Waals surface area contributed by atoms with E-state index in [1.165, 1.54) is 144 Å². The fourth-order valence-corrected chi connectivity index (χ4v) is 15.2. The number of rotatable bonds is 6. The first kappa shape index (κ1) is 44.6. The van der Waals surface area contributed by atoms with Crippen molar-refractivity contribution in [3.63, 3.8) is 0 Å². The molecule has 0 spiro atoms. The van der Waals surface area contributed by atoms with Crippen LogP contribution in [0.3, 0.4) is 0 Å². The minimum absolute atomic E-state index is 0.0312. The topological polar surface area (TPSA) is 13.0 Å². The lowest BCUT2D eigenvalue weighted by atomic mass is 9.31. The lowest BCUT2D eigenvalue weighted by Crippen LogP contribution is -2.65. The Balaban J connectivity index is 0.912. The molecule has 0 unspecified atom stereocenters. The number of anilines is 12. The molecule has 1 aromatic heterocycles. The molecule has 0 atom stereocenters. The van der Waals surface area contributed by atoms with E-state index < -0.39 is 0 Å². The van der Waals surface area contributed by atoms with E-state index >= 15 is 0 Å². The van der Waals surface area contributed by atoms with E-state index in [2.05, 4.69) is 288 Å². The Morgan fingerprint density at radius 3 is 1.08 bits per heavy atom. The summed E-state index contributed by atoms with van der Waals surface area (Å²) >= 11 is 1.92. The fourth-order valence-electron chi connectivity index (χ4n) is 14.1. The van der Waals surface area contributed by atoms with Crippen LogP contribution >= 0.6 is 11.3 Å². The summed E-state index contributed by atoms with van der Waals surface area (Å²) in [6, 6.07) is 95.2. The van der Waals surface area contributed by atoms with Crippen LogP contribution in [0.25, 0.3) is 44.5 Å². The number of aryl methyl sites for hydroxylation is 2. The van der Waals surface area contributed by atoms with Gasteiger partial charge < -0.3 is 19.6 Å². The van der Waals surface area contributed by atoms with Gasteiger partial charge >= 0.3 is 0 Å². The van der Waals surface area contributed by atoms with Gasteiger partial charge in [-0.25, -0.2) is 0 Å². The van der Waals surface area contributed by atoms with Gasteiger partial charge in [0.25, 0.3) is 13.4 Å². The number of nitrogens with zero attached hydrogens (tertiary/aromatic N) is 4. The second kappa shape index (κ2) is 17.0. The molecule has 0 saturated heterocycles. The van der Waals surface area contributed by atoms with Crippen molar-refractivity contribution in [1.82, 2.24) is 0 Å². The number of hydrogen-bond acceptors (Lipinski definition) is 5. The summed E-state index contributed by atoms with van der Waals surface area (Å²) < 4.78 is 0. The molecule has 368 valence electrons. The third kappa shape index (κ3) is 6.39. The first-order chi connectivity index (χ1) is 39.1. The number of thiophene rings is 1. The molecule has 0 fully saturated rings. The number of benzene rings is 11. The van der Waals surface area contributed by atoms with Crippen molar-refractivity contribution in [2.75, 3.05) is 19.6 Å². The van der Waals surface area contributed by atoms with Gasteiger partial charge in [0.05, 0.1) is 22.7 Å². The molecule has 6 heterocycles. The second-order valence-electron chi connectivity index (χ2n) is 21.6. The van der Waals surface area contributed by atoms with Crippen molar-refractivity contribution < 1.29 is 0 Å². The summed E-state index contributed by atoms with van der Waals surface area (Å²) in [5.41, 5.74) is 32.4. The highest BCUT2D eigenvalue weighted by Gasteiger charge is 2.52. The van der Waals surface area contributed by atoms with Crippen LogP contribution in [0.2, 0.25) is 0 Å². The first-order valence-electron chi connectivity index (χ1n) is 27.5. The van der Waals surface area contributed by atoms with Crippen molar-refractivity contribution in [2.45, 2.75) is 13.8 Å². The SMILES string of the molecule is Cc1sc(C)c2c1N1c3cccc4c3B(c3cc(-c5ccccc5)ccc3N4c3ccc(-c4ccccc4)cc3)c3ccc4c(c31)N2c1cccc2c1B4c1ccc(-c3ccccc3)cc1N2c1ccc(-c2ccccc2)cc1. The molecular weight excluding hydrogens is 975 g/mol. The highest BCUT2D eigenvalue weighted by atomic mass is 32.1. The van der Waals surface area contributed by atoms with E-state index in [4.69, 9.17) is 0 Å². The van der Waals surface area contributed by atoms with E-state index in [1.807, 2.05) is 11.3 Å². The second-order valence-corrected chi connectivity index (χ2v) is 23.0. The molecule has 4 nitrogen and oxygen atoms in total. The van der Waals surface area contributed by atoms with E-state index in [1.54, 1.807) is 0 Å². The quantitative estimate of drug-likeness (QED) is 0.154. The molecule has 12 aromatic rings. The van der Waals surface area contributed by atoms with Gasteiger partial charge in [0, 0.05) is 55.3 Å². The normalized spacial score (nSPS) is 13.5. The molecular formula is C72H48B2N4S. The van der Waals surface area contributed by atoms with Gasteiger partial charge in [-0.15, -0.1) is 11.3 Å². The molecule has 5 aliphatic rings. The molecule has 0 N–H and O–H groups in total. The summed E-state index contributed by atoms with van der Waals surface area (Å²) in [6.45, 7) is 4.60. The summed E-state index contributed by atoms with van der Waals surface area (Å²) in [5, 5.41) is 0. The zero-order valence-corrected chi connectivity index (χ0v) is 44.4. The molecule has 7 heteroatoms. The van der Waals surface area contributed by atoms with Gasteiger partial charge in [-0.3, -0.25) is 0 Å². The minimum atomic E-state index is -0.0427. The molecule has 0 saturated carbocycles. The third-order valence-electron chi connectivity index (χ3n) is 17.4. The third-order valence-corrected chi connectivity index (χ3v) is 18.4. The lowest BCUT2D eigenvalue weighted by molar-refractivity contribution is 1.17. The Hall–Kier alpha value is -9.55. The maximum Gasteiger partial charge on any atom is 0.252 e. The molecule has 79 heavy (non-hydrogen) atoms. The molecule has 0 bridgehead atoms. The zero-order valence-electron chi connectivity index (χ0n) is 43.6. The van der Waals surface area contributed by atoms with Gasteiger partial charge in [-0.05, 0) is 152 Å².